The minimum atomic E-state index is -3.55. The molecule has 0 heterocycles. The zero-order valence-corrected chi connectivity index (χ0v) is 11.6. The fraction of sp³-hybridized carbons (Fsp3) is 0.909. The van der Waals surface area contributed by atoms with Crippen molar-refractivity contribution in [2.75, 3.05) is 13.7 Å². The minimum absolute atomic E-state index is 0.0746. The predicted molar refractivity (Wildman–Crippen MR) is 66.4 cm³/mol. The number of aliphatic hydroxyl groups excluding tert-OH is 1. The van der Waals surface area contributed by atoms with Gasteiger partial charge in [-0.1, -0.05) is 6.42 Å². The van der Waals surface area contributed by atoms with Gasteiger partial charge in [-0.15, -0.1) is 0 Å². The molecule has 0 radical (unpaired) electrons. The summed E-state index contributed by atoms with van der Waals surface area (Å²) in [6.07, 6.45) is 2.09. The lowest BCUT2D eigenvalue weighted by Gasteiger charge is -2.21. The smallest absolute Gasteiger partial charge is 0.310 e. The molecule has 2 N–H and O–H groups in total. The van der Waals surface area contributed by atoms with E-state index in [0.717, 1.165) is 0 Å². The van der Waals surface area contributed by atoms with Crippen molar-refractivity contribution in [3.8, 4) is 0 Å². The van der Waals surface area contributed by atoms with Crippen molar-refractivity contribution >= 4 is 16.0 Å². The Balaban J connectivity index is 2.74. The maximum absolute atomic E-state index is 12.1. The molecule has 7 heteroatoms. The summed E-state index contributed by atoms with van der Waals surface area (Å²) < 4.78 is 31.4. The van der Waals surface area contributed by atoms with E-state index in [1.807, 2.05) is 0 Å². The van der Waals surface area contributed by atoms with Gasteiger partial charge in [-0.3, -0.25) is 4.79 Å². The molecule has 0 amide bonds. The first-order valence-electron chi connectivity index (χ1n) is 6.12. The highest BCUT2D eigenvalue weighted by Crippen LogP contribution is 2.31. The summed E-state index contributed by atoms with van der Waals surface area (Å²) in [6.45, 7) is 1.62. The van der Waals surface area contributed by atoms with Gasteiger partial charge in [-0.25, -0.2) is 13.1 Å². The van der Waals surface area contributed by atoms with Crippen molar-refractivity contribution < 1.29 is 23.1 Å². The second-order valence-electron chi connectivity index (χ2n) is 4.68. The third kappa shape index (κ3) is 3.66. The van der Waals surface area contributed by atoms with Crippen LogP contribution < -0.4 is 4.72 Å². The minimum Gasteiger partial charge on any atom is -0.469 e. The van der Waals surface area contributed by atoms with E-state index in [2.05, 4.69) is 9.46 Å². The maximum atomic E-state index is 12.1. The zero-order valence-electron chi connectivity index (χ0n) is 10.8. The van der Waals surface area contributed by atoms with Gasteiger partial charge in [-0.05, 0) is 26.2 Å². The van der Waals surface area contributed by atoms with E-state index < -0.39 is 27.2 Å². The normalized spacial score (nSPS) is 25.9. The molecule has 1 rings (SSSR count). The lowest BCUT2D eigenvalue weighted by Crippen LogP contribution is -2.43. The van der Waals surface area contributed by atoms with Crippen LogP contribution in [0.5, 0.6) is 0 Å². The first-order valence-corrected chi connectivity index (χ1v) is 7.66. The molecule has 18 heavy (non-hydrogen) atoms. The van der Waals surface area contributed by atoms with Crippen molar-refractivity contribution in [1.82, 2.24) is 4.72 Å². The number of rotatable bonds is 6. The van der Waals surface area contributed by atoms with Crippen LogP contribution in [-0.2, 0) is 19.6 Å². The second kappa shape index (κ2) is 6.49. The van der Waals surface area contributed by atoms with Gasteiger partial charge in [0, 0.05) is 12.6 Å². The van der Waals surface area contributed by atoms with Gasteiger partial charge < -0.3 is 9.84 Å². The zero-order chi connectivity index (χ0) is 13.8. The highest BCUT2D eigenvalue weighted by molar-refractivity contribution is 7.90. The summed E-state index contributed by atoms with van der Waals surface area (Å²) in [4.78, 5) is 11.5. The predicted octanol–water partition coefficient (Wildman–Crippen LogP) is 0.0184. The molecular formula is C11H21NO5S. The number of hydrogen-bond donors (Lipinski definition) is 2. The Labute approximate surface area is 108 Å². The van der Waals surface area contributed by atoms with Crippen LogP contribution in [0.2, 0.25) is 0 Å². The standard InChI is InChI=1S/C11H21NO5S/c1-8(6-7-13)12-18(15,16)10-5-3-4-9(10)11(14)17-2/h8-10,12-13H,3-7H2,1-2H3. The number of methoxy groups -OCH3 is 1. The van der Waals surface area contributed by atoms with Crippen molar-refractivity contribution in [2.24, 2.45) is 5.92 Å². The van der Waals surface area contributed by atoms with E-state index >= 15 is 0 Å². The molecule has 3 atom stereocenters. The highest BCUT2D eigenvalue weighted by atomic mass is 32.2. The molecule has 0 aromatic rings. The van der Waals surface area contributed by atoms with Crippen molar-refractivity contribution in [1.29, 1.82) is 0 Å². The number of carbonyl (C=O) groups is 1. The van der Waals surface area contributed by atoms with Crippen LogP contribution in [-0.4, -0.2) is 44.5 Å². The summed E-state index contributed by atoms with van der Waals surface area (Å²) >= 11 is 0. The lowest BCUT2D eigenvalue weighted by molar-refractivity contribution is -0.145. The first-order chi connectivity index (χ1) is 8.42. The molecule has 6 nitrogen and oxygen atoms in total. The quantitative estimate of drug-likeness (QED) is 0.669. The number of nitrogens with one attached hydrogen (secondary N) is 1. The molecule has 1 aliphatic carbocycles. The van der Waals surface area contributed by atoms with E-state index in [1.165, 1.54) is 7.11 Å². The summed E-state index contributed by atoms with van der Waals surface area (Å²) in [5, 5.41) is 8.05. The number of sulfonamides is 1. The molecule has 0 bridgehead atoms. The van der Waals surface area contributed by atoms with Gasteiger partial charge in [0.2, 0.25) is 10.0 Å². The maximum Gasteiger partial charge on any atom is 0.310 e. The van der Waals surface area contributed by atoms with E-state index in [0.29, 0.717) is 25.7 Å². The molecule has 0 saturated heterocycles. The number of hydrogen-bond acceptors (Lipinski definition) is 5. The van der Waals surface area contributed by atoms with E-state index in [-0.39, 0.29) is 12.6 Å². The largest absolute Gasteiger partial charge is 0.469 e. The number of ether oxygens (including phenoxy) is 1. The van der Waals surface area contributed by atoms with Crippen LogP contribution >= 0.6 is 0 Å². The van der Waals surface area contributed by atoms with Crippen LogP contribution in [0.3, 0.4) is 0 Å². The van der Waals surface area contributed by atoms with Gasteiger partial charge in [0.05, 0.1) is 18.3 Å². The van der Waals surface area contributed by atoms with Crippen molar-refractivity contribution in [3.63, 3.8) is 0 Å². The molecule has 1 fully saturated rings. The molecule has 0 aliphatic heterocycles. The van der Waals surface area contributed by atoms with Crippen LogP contribution in [0, 0.1) is 5.92 Å². The monoisotopic (exact) mass is 279 g/mol. The molecule has 1 aliphatic rings. The summed E-state index contributed by atoms with van der Waals surface area (Å²) in [5.74, 6) is -1.04. The summed E-state index contributed by atoms with van der Waals surface area (Å²) in [5.41, 5.74) is 0. The van der Waals surface area contributed by atoms with E-state index in [4.69, 9.17) is 5.11 Å². The van der Waals surface area contributed by atoms with E-state index in [9.17, 15) is 13.2 Å². The van der Waals surface area contributed by atoms with Gasteiger partial charge in [0.25, 0.3) is 0 Å². The second-order valence-corrected chi connectivity index (χ2v) is 6.61. The molecule has 0 aromatic heterocycles. The Kier molecular flexibility index (Phi) is 5.55. The topological polar surface area (TPSA) is 92.7 Å². The van der Waals surface area contributed by atoms with Gasteiger partial charge in [-0.2, -0.15) is 0 Å². The van der Waals surface area contributed by atoms with E-state index in [1.54, 1.807) is 6.92 Å². The van der Waals surface area contributed by atoms with Crippen LogP contribution in [0.25, 0.3) is 0 Å². The Hall–Kier alpha value is -0.660. The lowest BCUT2D eigenvalue weighted by atomic mass is 10.1. The van der Waals surface area contributed by atoms with Crippen molar-refractivity contribution in [2.45, 2.75) is 43.9 Å². The number of esters is 1. The average Bonchev–Trinajstić information content (AvgIpc) is 2.77. The molecule has 1 saturated carbocycles. The molecule has 0 spiro atoms. The highest BCUT2D eigenvalue weighted by Gasteiger charge is 2.42. The number of carbonyl (C=O) groups excluding carboxylic acids is 1. The molecule has 3 unspecified atom stereocenters. The Morgan fingerprint density at radius 1 is 1.50 bits per heavy atom. The van der Waals surface area contributed by atoms with Gasteiger partial charge in [0.15, 0.2) is 0 Å². The van der Waals surface area contributed by atoms with Crippen LogP contribution in [0.1, 0.15) is 32.6 Å². The van der Waals surface area contributed by atoms with Crippen molar-refractivity contribution in [3.05, 3.63) is 0 Å². The summed E-state index contributed by atoms with van der Waals surface area (Å²) in [7, 11) is -2.28. The third-order valence-electron chi connectivity index (χ3n) is 3.28. The van der Waals surface area contributed by atoms with Crippen LogP contribution in [0.4, 0.5) is 0 Å². The summed E-state index contributed by atoms with van der Waals surface area (Å²) in [6, 6.07) is -0.334. The SMILES string of the molecule is COC(=O)C1CCCC1S(=O)(=O)NC(C)CCO. The Morgan fingerprint density at radius 2 is 2.17 bits per heavy atom. The van der Waals surface area contributed by atoms with Crippen LogP contribution in [0.15, 0.2) is 0 Å². The molecule has 0 aromatic carbocycles. The Bertz CT molecular complexity index is 381. The first kappa shape index (κ1) is 15.4. The number of aliphatic hydroxyl groups is 1. The molecular weight excluding hydrogens is 258 g/mol. The van der Waals surface area contributed by atoms with Gasteiger partial charge >= 0.3 is 5.97 Å². The van der Waals surface area contributed by atoms with Gasteiger partial charge in [0.1, 0.15) is 0 Å². The average molecular weight is 279 g/mol. The fourth-order valence-corrected chi connectivity index (χ4v) is 4.35. The third-order valence-corrected chi connectivity index (χ3v) is 5.37. The molecule has 106 valence electrons. The fourth-order valence-electron chi connectivity index (χ4n) is 2.34. The Morgan fingerprint density at radius 3 is 2.72 bits per heavy atom.